The SMILES string of the molecule is NC1CCC2(CC1N1CC3CCCC3C1)OCCO2. The van der Waals surface area contributed by atoms with Gasteiger partial charge in [-0.25, -0.2) is 0 Å². The van der Waals surface area contributed by atoms with Gasteiger partial charge < -0.3 is 15.2 Å². The van der Waals surface area contributed by atoms with Gasteiger partial charge in [0.2, 0.25) is 0 Å². The molecule has 4 unspecified atom stereocenters. The highest BCUT2D eigenvalue weighted by atomic mass is 16.7. The molecule has 19 heavy (non-hydrogen) atoms. The molecule has 4 aliphatic rings. The molecule has 2 saturated carbocycles. The summed E-state index contributed by atoms with van der Waals surface area (Å²) in [5.74, 6) is 1.59. The maximum atomic E-state index is 6.41. The van der Waals surface area contributed by atoms with Gasteiger partial charge in [-0.3, -0.25) is 4.90 Å². The van der Waals surface area contributed by atoms with Crippen LogP contribution in [0.25, 0.3) is 0 Å². The zero-order valence-electron chi connectivity index (χ0n) is 11.7. The highest BCUT2D eigenvalue weighted by Crippen LogP contribution is 2.43. The van der Waals surface area contributed by atoms with Crippen molar-refractivity contribution in [2.75, 3.05) is 26.3 Å². The van der Waals surface area contributed by atoms with Gasteiger partial charge in [0.1, 0.15) is 0 Å². The van der Waals surface area contributed by atoms with Crippen LogP contribution in [0, 0.1) is 11.8 Å². The Morgan fingerprint density at radius 2 is 1.68 bits per heavy atom. The highest BCUT2D eigenvalue weighted by Gasteiger charge is 2.48. The van der Waals surface area contributed by atoms with E-state index >= 15 is 0 Å². The van der Waals surface area contributed by atoms with Crippen molar-refractivity contribution in [1.29, 1.82) is 0 Å². The maximum Gasteiger partial charge on any atom is 0.170 e. The van der Waals surface area contributed by atoms with Crippen molar-refractivity contribution in [3.8, 4) is 0 Å². The molecular weight excluding hydrogens is 240 g/mol. The first-order valence-electron chi connectivity index (χ1n) is 8.03. The Hall–Kier alpha value is -0.160. The maximum absolute atomic E-state index is 6.41. The van der Waals surface area contributed by atoms with Gasteiger partial charge in [0, 0.05) is 38.0 Å². The minimum Gasteiger partial charge on any atom is -0.347 e. The third kappa shape index (κ3) is 2.13. The van der Waals surface area contributed by atoms with E-state index in [4.69, 9.17) is 15.2 Å². The molecule has 4 atom stereocenters. The van der Waals surface area contributed by atoms with Crippen LogP contribution >= 0.6 is 0 Å². The van der Waals surface area contributed by atoms with Gasteiger partial charge in [0.15, 0.2) is 5.79 Å². The van der Waals surface area contributed by atoms with Crippen LogP contribution in [0.2, 0.25) is 0 Å². The molecule has 4 heteroatoms. The fraction of sp³-hybridized carbons (Fsp3) is 1.00. The van der Waals surface area contributed by atoms with Gasteiger partial charge >= 0.3 is 0 Å². The van der Waals surface area contributed by atoms with Crippen molar-refractivity contribution in [2.24, 2.45) is 17.6 Å². The second-order valence-corrected chi connectivity index (χ2v) is 6.99. The van der Waals surface area contributed by atoms with Gasteiger partial charge in [-0.15, -0.1) is 0 Å². The lowest BCUT2D eigenvalue weighted by atomic mass is 9.85. The molecule has 0 amide bonds. The largest absolute Gasteiger partial charge is 0.347 e. The average molecular weight is 266 g/mol. The van der Waals surface area contributed by atoms with E-state index in [1.54, 1.807) is 0 Å². The molecular formula is C15H26N2O2. The lowest BCUT2D eigenvalue weighted by Crippen LogP contribution is -2.56. The van der Waals surface area contributed by atoms with Gasteiger partial charge in [-0.05, 0) is 31.1 Å². The predicted molar refractivity (Wildman–Crippen MR) is 72.7 cm³/mol. The number of rotatable bonds is 1. The number of ether oxygens (including phenoxy) is 2. The summed E-state index contributed by atoms with van der Waals surface area (Å²) in [6, 6.07) is 0.773. The molecule has 108 valence electrons. The topological polar surface area (TPSA) is 47.7 Å². The summed E-state index contributed by atoms with van der Waals surface area (Å²) in [5, 5.41) is 0. The van der Waals surface area contributed by atoms with Crippen LogP contribution in [0.3, 0.4) is 0 Å². The normalized spacial score (nSPS) is 45.9. The van der Waals surface area contributed by atoms with Crippen molar-refractivity contribution >= 4 is 0 Å². The summed E-state index contributed by atoms with van der Waals surface area (Å²) in [4.78, 5) is 2.66. The Bertz CT molecular complexity index is 331. The predicted octanol–water partition coefficient (Wildman–Crippen LogP) is 1.34. The molecule has 0 aromatic rings. The first-order chi connectivity index (χ1) is 9.26. The molecule has 4 fully saturated rings. The smallest absolute Gasteiger partial charge is 0.170 e. The van der Waals surface area contributed by atoms with Crippen LogP contribution in [0.15, 0.2) is 0 Å². The molecule has 0 bridgehead atoms. The molecule has 0 aromatic carbocycles. The molecule has 0 radical (unpaired) electrons. The summed E-state index contributed by atoms with van der Waals surface area (Å²) in [5.41, 5.74) is 6.41. The number of nitrogens with zero attached hydrogens (tertiary/aromatic N) is 1. The number of hydrogen-bond acceptors (Lipinski definition) is 4. The zero-order valence-corrected chi connectivity index (χ0v) is 11.7. The van der Waals surface area contributed by atoms with Crippen molar-refractivity contribution in [3.63, 3.8) is 0 Å². The van der Waals surface area contributed by atoms with Gasteiger partial charge in [0.25, 0.3) is 0 Å². The molecule has 1 spiro atoms. The standard InChI is InChI=1S/C15H26N2O2/c16-13-4-5-15(18-6-7-19-15)8-14(13)17-9-11-2-1-3-12(11)10-17/h11-14H,1-10,16H2. The van der Waals surface area contributed by atoms with Crippen molar-refractivity contribution in [1.82, 2.24) is 4.90 Å². The second kappa shape index (κ2) is 4.69. The monoisotopic (exact) mass is 266 g/mol. The van der Waals surface area contributed by atoms with E-state index in [9.17, 15) is 0 Å². The number of nitrogens with two attached hydrogens (primary N) is 1. The first-order valence-corrected chi connectivity index (χ1v) is 8.03. The quantitative estimate of drug-likeness (QED) is 0.778. The van der Waals surface area contributed by atoms with E-state index in [0.717, 1.165) is 44.3 Å². The third-order valence-electron chi connectivity index (χ3n) is 5.91. The Kier molecular flexibility index (Phi) is 3.10. The summed E-state index contributed by atoms with van der Waals surface area (Å²) in [6.07, 6.45) is 7.30. The lowest BCUT2D eigenvalue weighted by molar-refractivity contribution is -0.191. The average Bonchev–Trinajstić information content (AvgIpc) is 3.08. The molecule has 0 aromatic heterocycles. The van der Waals surface area contributed by atoms with Gasteiger partial charge in [-0.1, -0.05) is 6.42 Å². The summed E-state index contributed by atoms with van der Waals surface area (Å²) in [7, 11) is 0. The molecule has 2 N–H and O–H groups in total. The molecule has 2 saturated heterocycles. The minimum atomic E-state index is -0.293. The van der Waals surface area contributed by atoms with Crippen molar-refractivity contribution in [2.45, 2.75) is 56.4 Å². The van der Waals surface area contributed by atoms with Crippen molar-refractivity contribution in [3.05, 3.63) is 0 Å². The molecule has 4 nitrogen and oxygen atoms in total. The van der Waals surface area contributed by atoms with E-state index in [0.29, 0.717) is 12.1 Å². The molecule has 4 rings (SSSR count). The Labute approximate surface area is 115 Å². The van der Waals surface area contributed by atoms with E-state index in [-0.39, 0.29) is 5.79 Å². The number of fused-ring (bicyclic) bond motifs is 1. The van der Waals surface area contributed by atoms with E-state index in [1.165, 1.54) is 32.4 Å². The van der Waals surface area contributed by atoms with Crippen LogP contribution in [-0.2, 0) is 9.47 Å². The summed E-state index contributed by atoms with van der Waals surface area (Å²) in [6.45, 7) is 4.04. The van der Waals surface area contributed by atoms with E-state index in [2.05, 4.69) is 4.90 Å². The van der Waals surface area contributed by atoms with Crippen molar-refractivity contribution < 1.29 is 9.47 Å². The number of hydrogen-bond donors (Lipinski definition) is 1. The third-order valence-corrected chi connectivity index (χ3v) is 5.91. The lowest BCUT2D eigenvalue weighted by Gasteiger charge is -2.43. The zero-order chi connectivity index (χ0) is 12.9. The van der Waals surface area contributed by atoms with Gasteiger partial charge in [0.05, 0.1) is 13.2 Å². The molecule has 2 aliphatic heterocycles. The molecule has 2 heterocycles. The second-order valence-electron chi connectivity index (χ2n) is 6.99. The summed E-state index contributed by atoms with van der Waals surface area (Å²) < 4.78 is 11.8. The Morgan fingerprint density at radius 3 is 2.37 bits per heavy atom. The summed E-state index contributed by atoms with van der Waals surface area (Å²) >= 11 is 0. The first kappa shape index (κ1) is 12.6. The fourth-order valence-corrected chi connectivity index (χ4v) is 4.85. The van der Waals surface area contributed by atoms with Crippen LogP contribution in [0.1, 0.15) is 38.5 Å². The van der Waals surface area contributed by atoms with E-state index in [1.807, 2.05) is 0 Å². The van der Waals surface area contributed by atoms with Crippen LogP contribution in [0.4, 0.5) is 0 Å². The fourth-order valence-electron chi connectivity index (χ4n) is 4.85. The number of likely N-dealkylation sites (tertiary alicyclic amines) is 1. The Morgan fingerprint density at radius 1 is 1.00 bits per heavy atom. The van der Waals surface area contributed by atoms with E-state index < -0.39 is 0 Å². The minimum absolute atomic E-state index is 0.293. The van der Waals surface area contributed by atoms with Crippen LogP contribution in [0.5, 0.6) is 0 Å². The highest BCUT2D eigenvalue weighted by molar-refractivity contribution is 4.99. The van der Waals surface area contributed by atoms with Crippen LogP contribution < -0.4 is 5.73 Å². The molecule has 2 aliphatic carbocycles. The Balaban J connectivity index is 1.47. The van der Waals surface area contributed by atoms with Crippen LogP contribution in [-0.4, -0.2) is 49.1 Å². The van der Waals surface area contributed by atoms with Gasteiger partial charge in [-0.2, -0.15) is 0 Å².